The van der Waals surface area contributed by atoms with Crippen molar-refractivity contribution in [2.75, 3.05) is 45.2 Å². The van der Waals surface area contributed by atoms with Gasteiger partial charge < -0.3 is 9.80 Å². The highest BCUT2D eigenvalue weighted by atomic mass is 16.2. The number of likely N-dealkylation sites (tertiary alicyclic amines) is 1. The van der Waals surface area contributed by atoms with Gasteiger partial charge in [0.05, 0.1) is 6.54 Å². The fourth-order valence-electron chi connectivity index (χ4n) is 3.84. The van der Waals surface area contributed by atoms with Gasteiger partial charge in [-0.25, -0.2) is 9.97 Å². The van der Waals surface area contributed by atoms with Gasteiger partial charge in [-0.05, 0) is 44.7 Å². The standard InChI is InChI=1S/C17H27N5O/c1-14-10-18-16(19-11-14)21-8-4-6-17(13-21)7-5-9-22(17)12-15(23)20(2)3/h10-11H,4-9,12-13H2,1-3H3. The topological polar surface area (TPSA) is 52.6 Å². The molecule has 0 saturated carbocycles. The van der Waals surface area contributed by atoms with Crippen LogP contribution >= 0.6 is 0 Å². The van der Waals surface area contributed by atoms with Gasteiger partial charge in [0.25, 0.3) is 0 Å². The number of likely N-dealkylation sites (N-methyl/N-ethyl adjacent to an activating group) is 1. The second-order valence-corrected chi connectivity index (χ2v) is 7.12. The Morgan fingerprint density at radius 1 is 1.22 bits per heavy atom. The summed E-state index contributed by atoms with van der Waals surface area (Å²) in [6.45, 7) is 5.47. The molecular weight excluding hydrogens is 290 g/mol. The van der Waals surface area contributed by atoms with Gasteiger partial charge >= 0.3 is 0 Å². The van der Waals surface area contributed by atoms with Crippen LogP contribution in [0.5, 0.6) is 0 Å². The molecular formula is C17H27N5O. The molecule has 1 aromatic heterocycles. The van der Waals surface area contributed by atoms with Gasteiger partial charge in [0.2, 0.25) is 11.9 Å². The van der Waals surface area contributed by atoms with Crippen LogP contribution in [0.2, 0.25) is 0 Å². The largest absolute Gasteiger partial charge is 0.348 e. The molecule has 3 rings (SSSR count). The molecule has 6 nitrogen and oxygen atoms in total. The Bertz CT molecular complexity index is 559. The molecule has 2 fully saturated rings. The normalized spacial score (nSPS) is 25.1. The molecule has 3 heterocycles. The number of piperidine rings is 1. The molecule has 0 aliphatic carbocycles. The molecule has 2 aliphatic rings. The van der Waals surface area contributed by atoms with E-state index in [1.54, 1.807) is 4.90 Å². The molecule has 1 aromatic rings. The van der Waals surface area contributed by atoms with Crippen molar-refractivity contribution in [1.82, 2.24) is 19.8 Å². The molecule has 0 bridgehead atoms. The maximum atomic E-state index is 12.2. The number of aryl methyl sites for hydroxylation is 1. The molecule has 6 heteroatoms. The number of aromatic nitrogens is 2. The number of rotatable bonds is 3. The van der Waals surface area contributed by atoms with E-state index in [0.29, 0.717) is 6.54 Å². The van der Waals surface area contributed by atoms with Crippen molar-refractivity contribution in [3.05, 3.63) is 18.0 Å². The van der Waals surface area contributed by atoms with E-state index in [1.807, 2.05) is 33.4 Å². The maximum Gasteiger partial charge on any atom is 0.236 e. The summed E-state index contributed by atoms with van der Waals surface area (Å²) in [7, 11) is 3.66. The Balaban J connectivity index is 1.75. The number of carbonyl (C=O) groups excluding carboxylic acids is 1. The summed E-state index contributed by atoms with van der Waals surface area (Å²) >= 11 is 0. The molecule has 23 heavy (non-hydrogen) atoms. The van der Waals surface area contributed by atoms with Crippen molar-refractivity contribution in [2.45, 2.75) is 38.1 Å². The van der Waals surface area contributed by atoms with Gasteiger partial charge in [-0.2, -0.15) is 0 Å². The van der Waals surface area contributed by atoms with Crippen LogP contribution in [0.3, 0.4) is 0 Å². The lowest BCUT2D eigenvalue weighted by atomic mass is 9.86. The molecule has 0 aromatic carbocycles. The second kappa shape index (κ2) is 6.43. The summed E-state index contributed by atoms with van der Waals surface area (Å²) in [5, 5.41) is 0. The van der Waals surface area contributed by atoms with Crippen molar-refractivity contribution < 1.29 is 4.79 Å². The molecule has 0 radical (unpaired) electrons. The number of carbonyl (C=O) groups is 1. The zero-order valence-electron chi connectivity index (χ0n) is 14.5. The lowest BCUT2D eigenvalue weighted by Gasteiger charge is -2.46. The molecule has 1 spiro atoms. The summed E-state index contributed by atoms with van der Waals surface area (Å²) in [5.74, 6) is 1.01. The minimum Gasteiger partial charge on any atom is -0.348 e. The minimum atomic E-state index is 0.109. The third kappa shape index (κ3) is 3.32. The number of hydrogen-bond acceptors (Lipinski definition) is 5. The van der Waals surface area contributed by atoms with Crippen molar-refractivity contribution in [2.24, 2.45) is 0 Å². The minimum absolute atomic E-state index is 0.109. The summed E-state index contributed by atoms with van der Waals surface area (Å²) < 4.78 is 0. The molecule has 0 N–H and O–H groups in total. The lowest BCUT2D eigenvalue weighted by molar-refractivity contribution is -0.131. The first kappa shape index (κ1) is 16.2. The number of nitrogens with zero attached hydrogens (tertiary/aromatic N) is 5. The first-order chi connectivity index (χ1) is 11.0. The van der Waals surface area contributed by atoms with Crippen LogP contribution in [0.25, 0.3) is 0 Å². The van der Waals surface area contributed by atoms with E-state index in [2.05, 4.69) is 19.8 Å². The fourth-order valence-corrected chi connectivity index (χ4v) is 3.84. The first-order valence-corrected chi connectivity index (χ1v) is 8.49. The van der Waals surface area contributed by atoms with Crippen molar-refractivity contribution in [1.29, 1.82) is 0 Å². The highest BCUT2D eigenvalue weighted by Gasteiger charge is 2.45. The van der Waals surface area contributed by atoms with E-state index < -0.39 is 0 Å². The Morgan fingerprint density at radius 3 is 2.52 bits per heavy atom. The molecule has 1 atom stereocenters. The van der Waals surface area contributed by atoms with Crippen LogP contribution in [-0.4, -0.2) is 71.5 Å². The van der Waals surface area contributed by atoms with E-state index in [-0.39, 0.29) is 11.4 Å². The van der Waals surface area contributed by atoms with Crippen LogP contribution < -0.4 is 4.90 Å². The van der Waals surface area contributed by atoms with E-state index in [0.717, 1.165) is 50.4 Å². The van der Waals surface area contributed by atoms with Crippen LogP contribution in [-0.2, 0) is 4.79 Å². The molecule has 1 unspecified atom stereocenters. The summed E-state index contributed by atoms with van der Waals surface area (Å²) in [5.41, 5.74) is 1.19. The van der Waals surface area contributed by atoms with Gasteiger partial charge in [-0.1, -0.05) is 0 Å². The first-order valence-electron chi connectivity index (χ1n) is 8.49. The average molecular weight is 317 g/mol. The molecule has 1 amide bonds. The highest BCUT2D eigenvalue weighted by molar-refractivity contribution is 5.77. The van der Waals surface area contributed by atoms with Crippen LogP contribution in [0.1, 0.15) is 31.2 Å². The number of anilines is 1. The van der Waals surface area contributed by atoms with Crippen molar-refractivity contribution in [3.8, 4) is 0 Å². The van der Waals surface area contributed by atoms with Gasteiger partial charge in [-0.15, -0.1) is 0 Å². The van der Waals surface area contributed by atoms with Crippen LogP contribution in [0.15, 0.2) is 12.4 Å². The predicted molar refractivity (Wildman–Crippen MR) is 90.4 cm³/mol. The maximum absolute atomic E-state index is 12.2. The highest BCUT2D eigenvalue weighted by Crippen LogP contribution is 2.37. The third-order valence-corrected chi connectivity index (χ3v) is 5.17. The Morgan fingerprint density at radius 2 is 1.87 bits per heavy atom. The van der Waals surface area contributed by atoms with Gasteiger partial charge in [0, 0.05) is 45.1 Å². The van der Waals surface area contributed by atoms with Crippen molar-refractivity contribution >= 4 is 11.9 Å². The summed E-state index contributed by atoms with van der Waals surface area (Å²) in [6.07, 6.45) is 8.39. The van der Waals surface area contributed by atoms with Gasteiger partial charge in [-0.3, -0.25) is 9.69 Å². The lowest BCUT2D eigenvalue weighted by Crippen LogP contribution is -2.57. The van der Waals surface area contributed by atoms with Gasteiger partial charge in [0.1, 0.15) is 0 Å². The molecule has 2 aliphatic heterocycles. The number of amides is 1. The quantitative estimate of drug-likeness (QED) is 0.841. The monoisotopic (exact) mass is 317 g/mol. The van der Waals surface area contributed by atoms with Gasteiger partial charge in [0.15, 0.2) is 0 Å². The Hall–Kier alpha value is -1.69. The molecule has 2 saturated heterocycles. The van der Waals surface area contributed by atoms with E-state index in [9.17, 15) is 4.79 Å². The SMILES string of the molecule is Cc1cnc(N2CCCC3(CCCN3CC(=O)N(C)C)C2)nc1. The van der Waals surface area contributed by atoms with Crippen LogP contribution in [0.4, 0.5) is 5.95 Å². The third-order valence-electron chi connectivity index (χ3n) is 5.17. The molecule has 126 valence electrons. The number of hydrogen-bond donors (Lipinski definition) is 0. The Kier molecular flexibility index (Phi) is 4.53. The summed E-state index contributed by atoms with van der Waals surface area (Å²) in [6, 6.07) is 0. The smallest absolute Gasteiger partial charge is 0.236 e. The van der Waals surface area contributed by atoms with E-state index in [4.69, 9.17) is 0 Å². The predicted octanol–water partition coefficient (Wildman–Crippen LogP) is 1.31. The van der Waals surface area contributed by atoms with E-state index in [1.165, 1.54) is 6.42 Å². The second-order valence-electron chi connectivity index (χ2n) is 7.12. The van der Waals surface area contributed by atoms with Crippen molar-refractivity contribution in [3.63, 3.8) is 0 Å². The zero-order chi connectivity index (χ0) is 16.4. The van der Waals surface area contributed by atoms with E-state index >= 15 is 0 Å². The Labute approximate surface area is 138 Å². The average Bonchev–Trinajstić information content (AvgIpc) is 2.90. The summed E-state index contributed by atoms with van der Waals surface area (Å²) in [4.78, 5) is 27.5. The zero-order valence-corrected chi connectivity index (χ0v) is 14.5. The fraction of sp³-hybridized carbons (Fsp3) is 0.706. The van der Waals surface area contributed by atoms with Crippen LogP contribution in [0, 0.1) is 6.92 Å².